The number of amides is 1. The monoisotopic (exact) mass is 214 g/mol. The molecule has 0 aliphatic heterocycles. The average Bonchev–Trinajstić information content (AvgIpc) is 2.22. The molecule has 1 saturated carbocycles. The lowest BCUT2D eigenvalue weighted by molar-refractivity contribution is -0.124. The molecule has 0 spiro atoms. The van der Waals surface area contributed by atoms with Crippen molar-refractivity contribution in [2.45, 2.75) is 45.2 Å². The molecular weight excluding hydrogens is 192 g/mol. The molecule has 15 heavy (non-hydrogen) atoms. The first kappa shape index (κ1) is 12.5. The molecule has 0 aromatic rings. The lowest BCUT2D eigenvalue weighted by Crippen LogP contribution is -2.52. The summed E-state index contributed by atoms with van der Waals surface area (Å²) >= 11 is 0. The van der Waals surface area contributed by atoms with Gasteiger partial charge in [0, 0.05) is 6.04 Å². The zero-order chi connectivity index (χ0) is 11.4. The van der Waals surface area contributed by atoms with Crippen molar-refractivity contribution in [1.82, 2.24) is 5.32 Å². The van der Waals surface area contributed by atoms with Crippen LogP contribution in [-0.2, 0) is 4.79 Å². The van der Waals surface area contributed by atoms with E-state index in [-0.39, 0.29) is 18.6 Å². The molecule has 1 fully saturated rings. The second-order valence-electron chi connectivity index (χ2n) is 4.71. The van der Waals surface area contributed by atoms with E-state index in [9.17, 15) is 4.79 Å². The van der Waals surface area contributed by atoms with Gasteiger partial charge in [-0.25, -0.2) is 0 Å². The number of carbonyl (C=O) groups excluding carboxylic acids is 1. The van der Waals surface area contributed by atoms with Crippen molar-refractivity contribution in [3.63, 3.8) is 0 Å². The van der Waals surface area contributed by atoms with E-state index in [0.717, 1.165) is 12.8 Å². The molecule has 1 amide bonds. The molecule has 1 unspecified atom stereocenters. The maximum atomic E-state index is 11.5. The Morgan fingerprint density at radius 1 is 1.47 bits per heavy atom. The SMILES string of the molecule is C[C@@H]1CCC[C@H](C)C1NC(=O)[C@H](N)CO. The maximum Gasteiger partial charge on any atom is 0.239 e. The van der Waals surface area contributed by atoms with E-state index in [4.69, 9.17) is 10.8 Å². The molecular formula is C11H22N2O2. The first-order chi connectivity index (χ1) is 7.06. The van der Waals surface area contributed by atoms with Crippen LogP contribution in [0.1, 0.15) is 33.1 Å². The molecule has 1 aliphatic carbocycles. The molecule has 1 aliphatic rings. The molecule has 1 rings (SSSR count). The number of aliphatic hydroxyl groups excluding tert-OH is 1. The first-order valence-electron chi connectivity index (χ1n) is 5.73. The van der Waals surface area contributed by atoms with Gasteiger partial charge in [-0.05, 0) is 24.7 Å². The Bertz CT molecular complexity index is 211. The van der Waals surface area contributed by atoms with Crippen molar-refractivity contribution in [3.8, 4) is 0 Å². The molecule has 0 bridgehead atoms. The van der Waals surface area contributed by atoms with E-state index in [2.05, 4.69) is 19.2 Å². The largest absolute Gasteiger partial charge is 0.394 e. The predicted octanol–water partition coefficient (Wildman–Crippen LogP) is 0.247. The van der Waals surface area contributed by atoms with E-state index >= 15 is 0 Å². The first-order valence-corrected chi connectivity index (χ1v) is 5.73. The van der Waals surface area contributed by atoms with Gasteiger partial charge in [0.25, 0.3) is 0 Å². The second kappa shape index (κ2) is 5.47. The fourth-order valence-electron chi connectivity index (χ4n) is 2.32. The Hall–Kier alpha value is -0.610. The van der Waals surface area contributed by atoms with Crippen LogP contribution < -0.4 is 11.1 Å². The third-order valence-electron chi connectivity index (χ3n) is 3.39. The van der Waals surface area contributed by atoms with Gasteiger partial charge in [-0.2, -0.15) is 0 Å². The zero-order valence-electron chi connectivity index (χ0n) is 9.57. The minimum atomic E-state index is -0.786. The molecule has 0 aromatic heterocycles. The summed E-state index contributed by atoms with van der Waals surface area (Å²) in [4.78, 5) is 11.5. The van der Waals surface area contributed by atoms with Gasteiger partial charge in [0.15, 0.2) is 0 Å². The van der Waals surface area contributed by atoms with Gasteiger partial charge in [0.2, 0.25) is 5.91 Å². The van der Waals surface area contributed by atoms with Gasteiger partial charge in [0.05, 0.1) is 6.61 Å². The number of rotatable bonds is 3. The van der Waals surface area contributed by atoms with Crippen molar-refractivity contribution in [2.24, 2.45) is 17.6 Å². The van der Waals surface area contributed by atoms with E-state index in [1.165, 1.54) is 6.42 Å². The van der Waals surface area contributed by atoms with Gasteiger partial charge < -0.3 is 16.2 Å². The molecule has 4 heteroatoms. The Kier molecular flexibility index (Phi) is 4.54. The standard InChI is InChI=1S/C11H22N2O2/c1-7-4-3-5-8(2)10(7)13-11(15)9(12)6-14/h7-10,14H,3-6,12H2,1-2H3,(H,13,15)/t7-,8+,9-,10?/m1/s1. The van der Waals surface area contributed by atoms with Gasteiger partial charge in [-0.3, -0.25) is 4.79 Å². The minimum absolute atomic E-state index is 0.212. The molecule has 0 aromatic carbocycles. The summed E-state index contributed by atoms with van der Waals surface area (Å²) in [6, 6.07) is -0.574. The average molecular weight is 214 g/mol. The fourth-order valence-corrected chi connectivity index (χ4v) is 2.32. The smallest absolute Gasteiger partial charge is 0.239 e. The van der Waals surface area contributed by atoms with E-state index in [1.807, 2.05) is 0 Å². The molecule has 88 valence electrons. The van der Waals surface area contributed by atoms with Crippen LogP contribution in [0.2, 0.25) is 0 Å². The van der Waals surface area contributed by atoms with Crippen LogP contribution in [0.5, 0.6) is 0 Å². The highest BCUT2D eigenvalue weighted by Gasteiger charge is 2.29. The van der Waals surface area contributed by atoms with Gasteiger partial charge in [0.1, 0.15) is 6.04 Å². The number of aliphatic hydroxyl groups is 1. The molecule has 0 radical (unpaired) electrons. The molecule has 4 atom stereocenters. The highest BCUT2D eigenvalue weighted by Crippen LogP contribution is 2.28. The summed E-state index contributed by atoms with van der Waals surface area (Å²) in [5.74, 6) is 0.773. The third kappa shape index (κ3) is 3.18. The lowest BCUT2D eigenvalue weighted by atomic mass is 9.78. The van der Waals surface area contributed by atoms with Crippen LogP contribution >= 0.6 is 0 Å². The summed E-state index contributed by atoms with van der Waals surface area (Å²) in [6.45, 7) is 4.03. The zero-order valence-corrected chi connectivity index (χ0v) is 9.57. The van der Waals surface area contributed by atoms with Crippen LogP contribution in [0.25, 0.3) is 0 Å². The number of nitrogens with two attached hydrogens (primary N) is 1. The highest BCUT2D eigenvalue weighted by atomic mass is 16.3. The van der Waals surface area contributed by atoms with Gasteiger partial charge >= 0.3 is 0 Å². The Morgan fingerprint density at radius 2 is 2.00 bits per heavy atom. The van der Waals surface area contributed by atoms with Crippen molar-refractivity contribution in [1.29, 1.82) is 0 Å². The molecule has 0 heterocycles. The topological polar surface area (TPSA) is 75.4 Å². The van der Waals surface area contributed by atoms with Crippen molar-refractivity contribution >= 4 is 5.91 Å². The molecule has 0 saturated heterocycles. The van der Waals surface area contributed by atoms with Crippen LogP contribution in [-0.4, -0.2) is 29.7 Å². The van der Waals surface area contributed by atoms with E-state index in [0.29, 0.717) is 11.8 Å². The van der Waals surface area contributed by atoms with E-state index in [1.54, 1.807) is 0 Å². The number of nitrogens with one attached hydrogen (secondary N) is 1. The fraction of sp³-hybridized carbons (Fsp3) is 0.909. The summed E-state index contributed by atoms with van der Waals surface area (Å²) in [5, 5.41) is 11.7. The Morgan fingerprint density at radius 3 is 2.47 bits per heavy atom. The van der Waals surface area contributed by atoms with Crippen molar-refractivity contribution in [2.75, 3.05) is 6.61 Å². The Balaban J connectivity index is 2.51. The number of carbonyl (C=O) groups is 1. The van der Waals surface area contributed by atoms with Crippen molar-refractivity contribution < 1.29 is 9.90 Å². The van der Waals surface area contributed by atoms with Crippen LogP contribution in [0.3, 0.4) is 0 Å². The predicted molar refractivity (Wildman–Crippen MR) is 59.2 cm³/mol. The summed E-state index contributed by atoms with van der Waals surface area (Å²) in [6.07, 6.45) is 3.55. The number of hydrogen-bond donors (Lipinski definition) is 3. The summed E-state index contributed by atoms with van der Waals surface area (Å²) in [7, 11) is 0. The van der Waals surface area contributed by atoms with Crippen LogP contribution in [0, 0.1) is 11.8 Å². The Labute approximate surface area is 91.2 Å². The number of hydrogen-bond acceptors (Lipinski definition) is 3. The van der Waals surface area contributed by atoms with Crippen LogP contribution in [0.15, 0.2) is 0 Å². The second-order valence-corrected chi connectivity index (χ2v) is 4.71. The third-order valence-corrected chi connectivity index (χ3v) is 3.39. The normalized spacial score (nSPS) is 33.5. The highest BCUT2D eigenvalue weighted by molar-refractivity contribution is 5.81. The van der Waals surface area contributed by atoms with Gasteiger partial charge in [-0.1, -0.05) is 20.3 Å². The minimum Gasteiger partial charge on any atom is -0.394 e. The lowest BCUT2D eigenvalue weighted by Gasteiger charge is -2.35. The summed E-state index contributed by atoms with van der Waals surface area (Å²) in [5.41, 5.74) is 5.46. The quantitative estimate of drug-likeness (QED) is 0.630. The van der Waals surface area contributed by atoms with Crippen LogP contribution in [0.4, 0.5) is 0 Å². The molecule has 4 nitrogen and oxygen atoms in total. The maximum absolute atomic E-state index is 11.5. The molecule has 4 N–H and O–H groups in total. The van der Waals surface area contributed by atoms with Gasteiger partial charge in [-0.15, -0.1) is 0 Å². The van der Waals surface area contributed by atoms with E-state index < -0.39 is 6.04 Å². The van der Waals surface area contributed by atoms with Crippen molar-refractivity contribution in [3.05, 3.63) is 0 Å². The summed E-state index contributed by atoms with van der Waals surface area (Å²) < 4.78 is 0.